The molecule has 0 saturated carbocycles. The molecule has 5 heterocycles. The third kappa shape index (κ3) is 11.2. The Morgan fingerprint density at radius 3 is 1.80 bits per heavy atom. The molecule has 7 aromatic rings. The van der Waals surface area contributed by atoms with Gasteiger partial charge in [0.05, 0.1) is 59.7 Å². The number of carbonyl (C=O) groups is 2. The normalized spacial score (nSPS) is 14.4. The van der Waals surface area contributed by atoms with Gasteiger partial charge in [-0.2, -0.15) is 0 Å². The van der Waals surface area contributed by atoms with Gasteiger partial charge in [0.25, 0.3) is 11.5 Å². The summed E-state index contributed by atoms with van der Waals surface area (Å²) in [6.45, 7) is 3.56. The summed E-state index contributed by atoms with van der Waals surface area (Å²) in [4.78, 5) is 53.2. The number of hydrazine groups is 1. The van der Waals surface area contributed by atoms with E-state index >= 15 is 0 Å². The number of aryl methyl sites for hydroxylation is 2. The van der Waals surface area contributed by atoms with Gasteiger partial charge < -0.3 is 23.5 Å². The average molecular weight is 1060 g/mol. The molecule has 74 heavy (non-hydrogen) atoms. The Hall–Kier alpha value is -7.94. The van der Waals surface area contributed by atoms with Crippen LogP contribution in [0.15, 0.2) is 131 Å². The fourth-order valence-corrected chi connectivity index (χ4v) is 8.91. The number of nitrogens with two attached hydrogens (primary N) is 1. The van der Waals surface area contributed by atoms with Gasteiger partial charge in [0.1, 0.15) is 36.0 Å². The van der Waals surface area contributed by atoms with E-state index in [1.54, 1.807) is 48.6 Å². The first-order valence-electron chi connectivity index (χ1n) is 21.9. The van der Waals surface area contributed by atoms with E-state index in [2.05, 4.69) is 15.0 Å². The number of amidine groups is 1. The van der Waals surface area contributed by atoms with Gasteiger partial charge in [-0.15, -0.1) is 0 Å². The first-order chi connectivity index (χ1) is 34.9. The molecule has 1 amide bonds. The lowest BCUT2D eigenvalue weighted by atomic mass is 9.94. The van der Waals surface area contributed by atoms with Gasteiger partial charge in [-0.1, -0.05) is 42.8 Å². The monoisotopic (exact) mass is 1060 g/mol. The maximum absolute atomic E-state index is 14.0. The molecule has 4 aromatic carbocycles. The smallest absolute Gasteiger partial charge is 0.261 e. The predicted octanol–water partition coefficient (Wildman–Crippen LogP) is 9.42. The number of benzene rings is 4. The molecule has 384 valence electrons. The molecule has 2 aliphatic rings. The van der Waals surface area contributed by atoms with Gasteiger partial charge in [0.15, 0.2) is 40.7 Å². The van der Waals surface area contributed by atoms with E-state index in [0.717, 1.165) is 51.2 Å². The molecule has 0 bridgehead atoms. The van der Waals surface area contributed by atoms with Crippen LogP contribution < -0.4 is 26.3 Å². The van der Waals surface area contributed by atoms with Crippen LogP contribution in [0.5, 0.6) is 11.5 Å². The summed E-state index contributed by atoms with van der Waals surface area (Å²) in [6, 6.07) is 12.6. The molecule has 0 spiro atoms. The first kappa shape index (κ1) is 53.8. The lowest BCUT2D eigenvalue weighted by Gasteiger charge is -2.37. The number of ketones is 1. The molecule has 14 nitrogen and oxygen atoms in total. The molecule has 0 aliphatic carbocycles. The zero-order chi connectivity index (χ0) is 52.4. The Labute approximate surface area is 429 Å². The van der Waals surface area contributed by atoms with Gasteiger partial charge in [-0.25, -0.2) is 42.2 Å². The van der Waals surface area contributed by atoms with E-state index in [1.165, 1.54) is 24.3 Å². The minimum Gasteiger partial charge on any atom is -0.495 e. The number of fused-ring (bicyclic) bond motifs is 1. The third-order valence-electron chi connectivity index (χ3n) is 11.7. The van der Waals surface area contributed by atoms with Crippen LogP contribution in [0.2, 0.25) is 5.02 Å². The number of nitrogens with zero attached hydrogens (tertiary/aromatic N) is 7. The number of Topliss-reactive ketones (excluding diaryl/α,β-unsaturated/α-hetero) is 1. The summed E-state index contributed by atoms with van der Waals surface area (Å²) in [6.07, 6.45) is 11.9. The van der Waals surface area contributed by atoms with Crippen molar-refractivity contribution in [2.45, 2.75) is 46.2 Å². The van der Waals surface area contributed by atoms with E-state index in [1.807, 2.05) is 54.4 Å². The topological polar surface area (TPSA) is 164 Å². The lowest BCUT2D eigenvalue weighted by molar-refractivity contribution is -0.123. The summed E-state index contributed by atoms with van der Waals surface area (Å²) < 4.78 is 98.6. The summed E-state index contributed by atoms with van der Waals surface area (Å²) in [5.41, 5.74) is 6.54. The largest absolute Gasteiger partial charge is 0.495 e. The number of halogens is 8. The summed E-state index contributed by atoms with van der Waals surface area (Å²) >= 11 is 12.6. The van der Waals surface area contributed by atoms with Crippen molar-refractivity contribution in [3.63, 3.8) is 0 Å². The molecule has 3 aromatic heterocycles. The highest BCUT2D eigenvalue weighted by atomic mass is 35.5. The highest BCUT2D eigenvalue weighted by Crippen LogP contribution is 2.36. The number of rotatable bonds is 12. The lowest BCUT2D eigenvalue weighted by Crippen LogP contribution is -2.43. The van der Waals surface area contributed by atoms with Gasteiger partial charge in [-0.05, 0) is 96.8 Å². The highest BCUT2D eigenvalue weighted by molar-refractivity contribution is 6.32. The third-order valence-corrected chi connectivity index (χ3v) is 12.1. The number of pyridine rings is 1. The number of nitrogens with one attached hydrogen (secondary N) is 1. The number of carbonyl (C=O) groups excluding carboxylic acids is 2. The van der Waals surface area contributed by atoms with Crippen LogP contribution in [-0.4, -0.2) is 66.9 Å². The van der Waals surface area contributed by atoms with E-state index in [0.29, 0.717) is 52.1 Å². The predicted molar refractivity (Wildman–Crippen MR) is 266 cm³/mol. The zero-order valence-corrected chi connectivity index (χ0v) is 40.5. The van der Waals surface area contributed by atoms with Crippen LogP contribution in [-0.2, 0) is 22.4 Å². The fraction of sp³-hybridized carbons (Fsp3) is 0.192. The van der Waals surface area contributed by atoms with Crippen molar-refractivity contribution in [3.05, 3.63) is 210 Å². The van der Waals surface area contributed by atoms with Crippen LogP contribution in [0.4, 0.5) is 26.3 Å². The van der Waals surface area contributed by atoms with Crippen LogP contribution >= 0.6 is 23.2 Å². The number of amides is 1. The Morgan fingerprint density at radius 2 is 1.30 bits per heavy atom. The van der Waals surface area contributed by atoms with E-state index in [4.69, 9.17) is 38.5 Å². The molecule has 2 unspecified atom stereocenters. The molecule has 3 N–H and O–H groups in total. The maximum atomic E-state index is 14.0. The van der Waals surface area contributed by atoms with E-state index in [9.17, 15) is 40.7 Å². The number of ether oxygens (including phenoxy) is 2. The quantitative estimate of drug-likeness (QED) is 0.0399. The second kappa shape index (κ2) is 22.4. The summed E-state index contributed by atoms with van der Waals surface area (Å²) in [7, 11) is 3.09. The molecule has 0 fully saturated rings. The standard InChI is InChI=1S/C26H20ClF3N4O2.C25H21ClF3N5O3.CH4/c1-14-11-33(13-32-14)21-4-3-15(6-23(21)36-2)5-17-7-18(27)12-34-25(22(35)10-31-26(17)34)16-8-19(28)24(30)20(29)9-16;1-13-10-33(12-31-13)20-4-3-14(6-21(20)37-2)5-16-7-17(26)11-34(25(16)36)23(24(35)32-30)15-8-18(27)22(29)19(28)9-15;/h3-4,6-9,11-13,25H,5,10H2,1-2H3;3-4,6-12,23H,5,30H2,1-2H3,(H,32,35);1H4. The maximum Gasteiger partial charge on any atom is 0.261 e. The van der Waals surface area contributed by atoms with Crippen molar-refractivity contribution in [3.8, 4) is 22.9 Å². The minimum absolute atomic E-state index is 0. The fourth-order valence-electron chi connectivity index (χ4n) is 8.44. The second-order valence-electron chi connectivity index (χ2n) is 16.7. The molecule has 0 radical (unpaired) electrons. The van der Waals surface area contributed by atoms with Crippen molar-refractivity contribution in [1.82, 2.24) is 34.0 Å². The van der Waals surface area contributed by atoms with Crippen molar-refractivity contribution in [1.29, 1.82) is 0 Å². The molecular weight excluding hydrogens is 1020 g/mol. The van der Waals surface area contributed by atoms with Gasteiger partial charge in [-0.3, -0.25) is 29.4 Å². The van der Waals surface area contributed by atoms with E-state index in [-0.39, 0.29) is 42.1 Å². The second-order valence-corrected chi connectivity index (χ2v) is 17.6. The van der Waals surface area contributed by atoms with Crippen LogP contribution in [0.25, 0.3) is 11.4 Å². The number of hydrogen-bond donors (Lipinski definition) is 2. The van der Waals surface area contributed by atoms with E-state index < -0.39 is 64.2 Å². The van der Waals surface area contributed by atoms with Crippen LogP contribution in [0.1, 0.15) is 58.7 Å². The highest BCUT2D eigenvalue weighted by Gasteiger charge is 2.37. The molecule has 2 aliphatic heterocycles. The SMILES string of the molecule is C.COc1cc(CC2=CC(Cl)=CN3C2=NCC(=O)C3c2cc(F)c(F)c(F)c2)ccc1-n1cnc(C)c1.COc1cc(Cc2cc(Cl)cn(C(C(=O)NN)c3cc(F)c(F)c(F)c3)c2=O)ccc1-n1cnc(C)c1. The molecular formula is C52H45Cl2F6N9O5. The first-order valence-corrected chi connectivity index (χ1v) is 22.6. The van der Waals surface area contributed by atoms with Crippen LogP contribution in [0, 0.1) is 48.8 Å². The summed E-state index contributed by atoms with van der Waals surface area (Å²) in [5, 5.41) is 0.383. The molecule has 0 saturated heterocycles. The van der Waals surface area contributed by atoms with Crippen molar-refractivity contribution < 1.29 is 45.4 Å². The van der Waals surface area contributed by atoms with Crippen LogP contribution in [0.3, 0.4) is 0 Å². The number of hydrogen-bond acceptors (Lipinski definition) is 10. The Balaban J connectivity index is 0.000000213. The number of imidazole rings is 2. The number of aliphatic imine (C=N–C) groups is 1. The Kier molecular flexibility index (Phi) is 16.3. The van der Waals surface area contributed by atoms with Gasteiger partial charge >= 0.3 is 0 Å². The Bertz CT molecular complexity index is 3440. The molecule has 9 rings (SSSR count). The average Bonchev–Trinajstić information content (AvgIpc) is 4.01. The number of aromatic nitrogens is 5. The van der Waals surface area contributed by atoms with Gasteiger partial charge in [0.2, 0.25) is 0 Å². The number of methoxy groups -OCH3 is 2. The summed E-state index contributed by atoms with van der Waals surface area (Å²) in [5.74, 6) is -3.59. The number of allylic oxidation sites excluding steroid dienone is 2. The van der Waals surface area contributed by atoms with Crippen molar-refractivity contribution >= 4 is 40.7 Å². The zero-order valence-electron chi connectivity index (χ0n) is 38.9. The minimum atomic E-state index is -1.71. The van der Waals surface area contributed by atoms with Crippen molar-refractivity contribution in [2.75, 3.05) is 20.8 Å². The van der Waals surface area contributed by atoms with Crippen molar-refractivity contribution in [2.24, 2.45) is 10.8 Å². The molecule has 22 heteroatoms. The van der Waals surface area contributed by atoms with Gasteiger partial charge in [0, 0.05) is 48.8 Å². The Morgan fingerprint density at radius 1 is 0.770 bits per heavy atom. The molecule has 2 atom stereocenters.